The maximum absolute atomic E-state index is 10.7. The van der Waals surface area contributed by atoms with Gasteiger partial charge in [0.25, 0.3) is 0 Å². The first-order valence-corrected chi connectivity index (χ1v) is 5.67. The average Bonchev–Trinajstić information content (AvgIpc) is 2.17. The monoisotopic (exact) mass is 228 g/mol. The number of carbonyl (C=O) groups excluding carboxylic acids is 1. The molecule has 1 aromatic rings. The Balaban J connectivity index is 2.85. The fourth-order valence-electron chi connectivity index (χ4n) is 1.10. The van der Waals surface area contributed by atoms with E-state index in [-0.39, 0.29) is 0 Å². The standard InChI is InChI=1S/C10H12O4S/c1-7(15(12)13)9-3-5-10(6-4-9)14-8(2)11/h3-7,15H,1-2H3. The number of rotatable bonds is 3. The van der Waals surface area contributed by atoms with Crippen LogP contribution in [0, 0.1) is 0 Å². The summed E-state index contributed by atoms with van der Waals surface area (Å²) in [4.78, 5) is 10.6. The van der Waals surface area contributed by atoms with Crippen molar-refractivity contribution in [2.45, 2.75) is 19.1 Å². The van der Waals surface area contributed by atoms with E-state index in [0.29, 0.717) is 11.3 Å². The van der Waals surface area contributed by atoms with Gasteiger partial charge in [-0.3, -0.25) is 4.79 Å². The molecule has 1 atom stereocenters. The fourth-order valence-corrected chi connectivity index (χ4v) is 1.52. The van der Waals surface area contributed by atoms with Crippen LogP contribution < -0.4 is 4.74 Å². The molecular formula is C10H12O4S. The predicted molar refractivity (Wildman–Crippen MR) is 56.5 cm³/mol. The molecule has 0 aliphatic rings. The maximum Gasteiger partial charge on any atom is 0.308 e. The van der Waals surface area contributed by atoms with Crippen LogP contribution in [0.5, 0.6) is 5.75 Å². The van der Waals surface area contributed by atoms with Crippen molar-refractivity contribution < 1.29 is 17.9 Å². The molecule has 1 rings (SSSR count). The second kappa shape index (κ2) is 4.93. The molecule has 0 radical (unpaired) electrons. The van der Waals surface area contributed by atoms with Crippen LogP contribution in [-0.4, -0.2) is 14.4 Å². The van der Waals surface area contributed by atoms with E-state index in [4.69, 9.17) is 4.74 Å². The Morgan fingerprint density at radius 3 is 2.20 bits per heavy atom. The van der Waals surface area contributed by atoms with Gasteiger partial charge in [-0.25, -0.2) is 8.42 Å². The second-order valence-electron chi connectivity index (χ2n) is 3.12. The van der Waals surface area contributed by atoms with Gasteiger partial charge >= 0.3 is 5.97 Å². The molecule has 0 spiro atoms. The highest BCUT2D eigenvalue weighted by Crippen LogP contribution is 2.19. The Kier molecular flexibility index (Phi) is 3.85. The third-order valence-corrected chi connectivity index (χ3v) is 2.87. The molecule has 5 heteroatoms. The Morgan fingerprint density at radius 2 is 1.80 bits per heavy atom. The maximum atomic E-state index is 10.7. The highest BCUT2D eigenvalue weighted by atomic mass is 32.2. The van der Waals surface area contributed by atoms with Crippen LogP contribution in [0.4, 0.5) is 0 Å². The summed E-state index contributed by atoms with van der Waals surface area (Å²) in [6.45, 7) is 2.91. The molecule has 0 fully saturated rings. The van der Waals surface area contributed by atoms with Crippen molar-refractivity contribution in [2.24, 2.45) is 0 Å². The minimum atomic E-state index is -2.47. The van der Waals surface area contributed by atoms with E-state index in [1.54, 1.807) is 31.2 Å². The van der Waals surface area contributed by atoms with Crippen LogP contribution in [0.1, 0.15) is 24.7 Å². The van der Waals surface area contributed by atoms with Gasteiger partial charge in [-0.1, -0.05) is 12.1 Å². The van der Waals surface area contributed by atoms with E-state index in [0.717, 1.165) is 0 Å². The minimum Gasteiger partial charge on any atom is -0.427 e. The van der Waals surface area contributed by atoms with E-state index >= 15 is 0 Å². The Labute approximate surface area is 89.8 Å². The predicted octanol–water partition coefficient (Wildman–Crippen LogP) is 1.28. The van der Waals surface area contributed by atoms with Gasteiger partial charge in [0, 0.05) is 6.92 Å². The number of esters is 1. The number of hydrogen-bond acceptors (Lipinski definition) is 4. The molecule has 0 N–H and O–H groups in total. The van der Waals surface area contributed by atoms with Gasteiger partial charge in [0.1, 0.15) is 16.5 Å². The van der Waals surface area contributed by atoms with Gasteiger partial charge in [-0.05, 0) is 24.6 Å². The van der Waals surface area contributed by atoms with Gasteiger partial charge in [-0.2, -0.15) is 0 Å². The number of carbonyl (C=O) groups is 1. The third kappa shape index (κ3) is 3.36. The third-order valence-electron chi connectivity index (χ3n) is 1.94. The van der Waals surface area contributed by atoms with Crippen molar-refractivity contribution in [3.8, 4) is 5.75 Å². The lowest BCUT2D eigenvalue weighted by atomic mass is 10.1. The highest BCUT2D eigenvalue weighted by molar-refractivity contribution is 7.72. The zero-order valence-corrected chi connectivity index (χ0v) is 9.36. The summed E-state index contributed by atoms with van der Waals surface area (Å²) in [5, 5.41) is -0.522. The lowest BCUT2D eigenvalue weighted by Gasteiger charge is -2.05. The summed E-state index contributed by atoms with van der Waals surface area (Å²) in [5.74, 6) is 0.0188. The summed E-state index contributed by atoms with van der Waals surface area (Å²) in [6, 6.07) is 6.42. The number of hydrogen-bond donors (Lipinski definition) is 1. The molecule has 15 heavy (non-hydrogen) atoms. The zero-order chi connectivity index (χ0) is 11.4. The van der Waals surface area contributed by atoms with Gasteiger partial charge in [0.15, 0.2) is 0 Å². The molecule has 4 nitrogen and oxygen atoms in total. The second-order valence-corrected chi connectivity index (χ2v) is 4.47. The Morgan fingerprint density at radius 1 is 1.27 bits per heavy atom. The van der Waals surface area contributed by atoms with Crippen LogP contribution in [-0.2, 0) is 15.5 Å². The fraction of sp³-hybridized carbons (Fsp3) is 0.300. The largest absolute Gasteiger partial charge is 0.427 e. The molecule has 0 heterocycles. The van der Waals surface area contributed by atoms with Gasteiger partial charge in [0.2, 0.25) is 0 Å². The molecule has 0 saturated heterocycles. The van der Waals surface area contributed by atoms with E-state index < -0.39 is 21.9 Å². The molecule has 0 saturated carbocycles. The van der Waals surface area contributed by atoms with Crippen molar-refractivity contribution >= 4 is 16.7 Å². The highest BCUT2D eigenvalue weighted by Gasteiger charge is 2.07. The first kappa shape index (κ1) is 11.7. The van der Waals surface area contributed by atoms with Crippen molar-refractivity contribution in [1.82, 2.24) is 0 Å². The first-order valence-electron chi connectivity index (χ1n) is 4.42. The van der Waals surface area contributed by atoms with Crippen molar-refractivity contribution in [2.75, 3.05) is 0 Å². The van der Waals surface area contributed by atoms with Gasteiger partial charge in [-0.15, -0.1) is 0 Å². The van der Waals surface area contributed by atoms with Crippen LogP contribution in [0.2, 0.25) is 0 Å². The van der Waals surface area contributed by atoms with E-state index in [2.05, 4.69) is 0 Å². The molecular weight excluding hydrogens is 216 g/mol. The van der Waals surface area contributed by atoms with Crippen molar-refractivity contribution in [3.05, 3.63) is 29.8 Å². The van der Waals surface area contributed by atoms with Crippen molar-refractivity contribution in [1.29, 1.82) is 0 Å². The van der Waals surface area contributed by atoms with Crippen molar-refractivity contribution in [3.63, 3.8) is 0 Å². The van der Waals surface area contributed by atoms with Gasteiger partial charge < -0.3 is 4.74 Å². The van der Waals surface area contributed by atoms with E-state index in [1.165, 1.54) is 6.92 Å². The number of benzene rings is 1. The topological polar surface area (TPSA) is 60.4 Å². The van der Waals surface area contributed by atoms with E-state index in [9.17, 15) is 13.2 Å². The molecule has 1 aromatic carbocycles. The summed E-state index contributed by atoms with van der Waals surface area (Å²) >= 11 is 0. The average molecular weight is 228 g/mol. The summed E-state index contributed by atoms with van der Waals surface area (Å²) in [5.41, 5.74) is 0.682. The molecule has 0 aromatic heterocycles. The molecule has 0 amide bonds. The molecule has 1 unspecified atom stereocenters. The Hall–Kier alpha value is -1.36. The zero-order valence-electron chi connectivity index (χ0n) is 8.47. The summed E-state index contributed by atoms with van der Waals surface area (Å²) in [6.07, 6.45) is 0. The van der Waals surface area contributed by atoms with Crippen LogP contribution in [0.3, 0.4) is 0 Å². The quantitative estimate of drug-likeness (QED) is 0.481. The van der Waals surface area contributed by atoms with Crippen LogP contribution in [0.15, 0.2) is 24.3 Å². The van der Waals surface area contributed by atoms with Gasteiger partial charge in [0.05, 0.1) is 5.25 Å². The minimum absolute atomic E-state index is 0.398. The SMILES string of the molecule is CC(=O)Oc1ccc(C(C)[SH](=O)=O)cc1. The van der Waals surface area contributed by atoms with Crippen LogP contribution in [0.25, 0.3) is 0 Å². The Bertz CT molecular complexity index is 412. The summed E-state index contributed by atoms with van der Waals surface area (Å²) < 4.78 is 26.2. The number of ether oxygens (including phenoxy) is 1. The van der Waals surface area contributed by atoms with E-state index in [1.807, 2.05) is 0 Å². The number of thiol groups is 1. The molecule has 0 aliphatic carbocycles. The summed E-state index contributed by atoms with van der Waals surface area (Å²) in [7, 11) is -2.47. The van der Waals surface area contributed by atoms with Crippen LogP contribution >= 0.6 is 0 Å². The molecule has 0 aliphatic heterocycles. The lowest BCUT2D eigenvalue weighted by molar-refractivity contribution is -0.131. The molecule has 82 valence electrons. The first-order chi connectivity index (χ1) is 7.00. The lowest BCUT2D eigenvalue weighted by Crippen LogP contribution is -2.01. The molecule has 0 bridgehead atoms. The normalized spacial score (nSPS) is 12.5. The smallest absolute Gasteiger partial charge is 0.308 e.